The Labute approximate surface area is 504 Å². The number of halogens is 1. The van der Waals surface area contributed by atoms with Crippen molar-refractivity contribution >= 4 is 48.4 Å². The number of hydrogen-bond donors (Lipinski definition) is 9. The monoisotopic (exact) mass is 1220 g/mol. The van der Waals surface area contributed by atoms with Crippen LogP contribution < -0.4 is 32.7 Å². The number of alkyl carbamates (subject to hydrolysis) is 4. The number of amides is 4. The first-order chi connectivity index (χ1) is 38.5. The van der Waals surface area contributed by atoms with Crippen molar-refractivity contribution in [2.75, 3.05) is 14.2 Å². The molecule has 24 nitrogen and oxygen atoms in total. The number of hydrogen-bond acceptors (Lipinski definition) is 19. The fourth-order valence-electron chi connectivity index (χ4n) is 9.80. The van der Waals surface area contributed by atoms with Crippen molar-refractivity contribution in [2.24, 2.45) is 11.5 Å². The standard InChI is InChI=1S/C17H22N2O6.C11H21NO3.2C10H19NO3.C6H13NO.C5H11NO.ClH/c1-17(2,3)25-16(21)18-13-5-4-6-14(13)24-15(20)11-7-9-12(10-8-11)19(22)23;1-11(2,3)15-10(13)12-8-6-5-7-9(8)14-4;2*1-10(2,3)14-9(13)11-7-5-4-6-8(7)12;1-8-6-4-2-3-5(6)7;6-4-2-1-3-5(4)7;/h7-10,13-14H,4-6H2,1-3H3,(H,18,21);8-9H,5-7H2,1-4H3,(H,12,13);2*7-8,12H,4-6H2,1-3H3,(H,11,13);5-6H,2-4,7H2,1H3;4-5,7H,1-3,6H2;1H/t13?,14-;8-,9+;7-,8+;7-,8-;5-,6+;4-,5-;/m100000./s1. The molecule has 0 aromatic heterocycles. The molecular formula is C59H106ClN7O17. The molecule has 6 aliphatic carbocycles. The van der Waals surface area contributed by atoms with Gasteiger partial charge in [0, 0.05) is 38.4 Å². The summed E-state index contributed by atoms with van der Waals surface area (Å²) in [6.45, 7) is 21.8. The quantitative estimate of drug-likeness (QED) is 0.0482. The van der Waals surface area contributed by atoms with Gasteiger partial charge in [0.2, 0.25) is 0 Å². The van der Waals surface area contributed by atoms with Gasteiger partial charge in [-0.25, -0.2) is 24.0 Å². The molecule has 0 radical (unpaired) electrons. The molecule has 12 atom stereocenters. The summed E-state index contributed by atoms with van der Waals surface area (Å²) in [6.07, 6.45) is 14.1. The van der Waals surface area contributed by atoms with Gasteiger partial charge >= 0.3 is 30.3 Å². The van der Waals surface area contributed by atoms with Gasteiger partial charge in [0.1, 0.15) is 28.5 Å². The molecule has 0 spiro atoms. The largest absolute Gasteiger partial charge is 0.457 e. The van der Waals surface area contributed by atoms with Crippen molar-refractivity contribution in [1.29, 1.82) is 0 Å². The van der Waals surface area contributed by atoms with Crippen LogP contribution in [0.25, 0.3) is 0 Å². The molecule has 0 bridgehead atoms. The maximum absolute atomic E-state index is 12.2. The lowest BCUT2D eigenvalue weighted by Crippen LogP contribution is -2.44. The Morgan fingerprint density at radius 3 is 1.06 bits per heavy atom. The fourth-order valence-corrected chi connectivity index (χ4v) is 9.80. The van der Waals surface area contributed by atoms with Crippen molar-refractivity contribution in [2.45, 2.75) is 294 Å². The first kappa shape index (κ1) is 77.2. The van der Waals surface area contributed by atoms with E-state index >= 15 is 0 Å². The van der Waals surface area contributed by atoms with Crippen LogP contribution in [0.1, 0.15) is 209 Å². The van der Waals surface area contributed by atoms with Gasteiger partial charge in [0.25, 0.3) is 5.69 Å². The van der Waals surface area contributed by atoms with E-state index in [1.54, 1.807) is 35.0 Å². The van der Waals surface area contributed by atoms with Crippen molar-refractivity contribution in [3.8, 4) is 0 Å². The predicted molar refractivity (Wildman–Crippen MR) is 321 cm³/mol. The van der Waals surface area contributed by atoms with Gasteiger partial charge in [-0.05, 0) is 211 Å². The Balaban J connectivity index is 0.000000527. The van der Waals surface area contributed by atoms with E-state index in [1.807, 2.05) is 62.3 Å². The summed E-state index contributed by atoms with van der Waals surface area (Å²) in [5, 5.41) is 49.4. The predicted octanol–water partition coefficient (Wildman–Crippen LogP) is 8.92. The number of nitro benzene ring substituents is 1. The molecule has 4 amide bonds. The van der Waals surface area contributed by atoms with Crippen LogP contribution in [0, 0.1) is 10.1 Å². The zero-order valence-corrected chi connectivity index (χ0v) is 53.3. The fraction of sp³-hybridized carbons (Fsp3) is 0.814. The van der Waals surface area contributed by atoms with Crippen LogP contribution in [0.15, 0.2) is 24.3 Å². The SMILES string of the molecule is CC(C)(C)OC(=O)NC1CCC[C@H]1OC(=O)c1ccc([N+](=O)[O-])cc1.CC(C)(C)OC(=O)N[C@H]1CCC[C@@H]1O.CC(C)(C)OC(=O)N[C@H]1CCC[C@H]1O.CO[C@@H]1CCC[C@@H]1N.CO[C@@H]1CCC[C@@H]1NC(=O)OC(C)(C)C.Cl.N[C@H]1CCC[C@@H]1O. The van der Waals surface area contributed by atoms with E-state index < -0.39 is 69.9 Å². The molecule has 0 saturated heterocycles. The second-order valence-electron chi connectivity index (χ2n) is 25.9. The van der Waals surface area contributed by atoms with Gasteiger partial charge in [0.15, 0.2) is 0 Å². The lowest BCUT2D eigenvalue weighted by atomic mass is 10.2. The highest BCUT2D eigenvalue weighted by atomic mass is 35.5. The van der Waals surface area contributed by atoms with E-state index in [9.17, 15) is 44.3 Å². The molecule has 486 valence electrons. The average molecular weight is 1220 g/mol. The summed E-state index contributed by atoms with van der Waals surface area (Å²) in [5.74, 6) is -0.571. The topological polar surface area (TPSA) is 354 Å². The number of nitrogens with one attached hydrogen (secondary N) is 4. The number of nitro groups is 1. The number of nitrogens with two attached hydrogens (primary N) is 2. The van der Waals surface area contributed by atoms with Crippen LogP contribution >= 0.6 is 12.4 Å². The maximum atomic E-state index is 12.2. The number of non-ortho nitro benzene ring substituents is 1. The molecule has 11 N–H and O–H groups in total. The highest BCUT2D eigenvalue weighted by Gasteiger charge is 2.35. The third-order valence-corrected chi connectivity index (χ3v) is 13.9. The summed E-state index contributed by atoms with van der Waals surface area (Å²) >= 11 is 0. The molecule has 0 heterocycles. The number of rotatable bonds is 9. The molecule has 25 heteroatoms. The lowest BCUT2D eigenvalue weighted by Gasteiger charge is -2.24. The van der Waals surface area contributed by atoms with E-state index in [1.165, 1.54) is 30.7 Å². The van der Waals surface area contributed by atoms with Gasteiger partial charge in [0.05, 0.1) is 65.2 Å². The molecule has 1 aromatic rings. The van der Waals surface area contributed by atoms with Gasteiger partial charge in [-0.15, -0.1) is 12.4 Å². The smallest absolute Gasteiger partial charge is 0.408 e. The molecular weight excluding hydrogens is 1110 g/mol. The van der Waals surface area contributed by atoms with Crippen molar-refractivity contribution in [3.05, 3.63) is 39.9 Å². The van der Waals surface area contributed by atoms with Crippen molar-refractivity contribution in [3.63, 3.8) is 0 Å². The van der Waals surface area contributed by atoms with E-state index in [0.717, 1.165) is 96.3 Å². The third-order valence-electron chi connectivity index (χ3n) is 13.9. The number of nitrogens with zero attached hydrogens (tertiary/aromatic N) is 1. The zero-order chi connectivity index (χ0) is 62.9. The number of esters is 1. The van der Waals surface area contributed by atoms with E-state index in [0.29, 0.717) is 25.0 Å². The van der Waals surface area contributed by atoms with Crippen molar-refractivity contribution < 1.29 is 77.4 Å². The van der Waals surface area contributed by atoms with Gasteiger partial charge in [-0.2, -0.15) is 0 Å². The number of methoxy groups -OCH3 is 2. The third kappa shape index (κ3) is 32.6. The molecule has 1 unspecified atom stereocenters. The number of ether oxygens (including phenoxy) is 7. The van der Waals surface area contributed by atoms with Crippen molar-refractivity contribution in [1.82, 2.24) is 21.3 Å². The molecule has 0 aliphatic heterocycles. The molecule has 6 saturated carbocycles. The number of aliphatic hydroxyl groups is 3. The Morgan fingerprint density at radius 2 is 0.774 bits per heavy atom. The number of carbonyl (C=O) groups excluding carboxylic acids is 5. The highest BCUT2D eigenvalue weighted by Crippen LogP contribution is 2.26. The van der Waals surface area contributed by atoms with Gasteiger partial charge in [-0.3, -0.25) is 10.1 Å². The Kier molecular flexibility index (Phi) is 34.0. The Hall–Kier alpha value is -4.82. The Bertz CT molecular complexity index is 2060. The summed E-state index contributed by atoms with van der Waals surface area (Å²) in [7, 11) is 3.41. The van der Waals surface area contributed by atoms with Crippen LogP contribution in [-0.4, -0.2) is 160 Å². The summed E-state index contributed by atoms with van der Waals surface area (Å²) < 4.78 is 36.4. The highest BCUT2D eigenvalue weighted by molar-refractivity contribution is 5.89. The maximum Gasteiger partial charge on any atom is 0.408 e. The number of benzene rings is 1. The van der Waals surface area contributed by atoms with Crippen LogP contribution in [0.5, 0.6) is 0 Å². The number of carbonyl (C=O) groups is 5. The second kappa shape index (κ2) is 37.0. The summed E-state index contributed by atoms with van der Waals surface area (Å²) in [5.41, 5.74) is 9.23. The minimum absolute atomic E-state index is 0. The molecule has 7 rings (SSSR count). The Morgan fingerprint density at radius 1 is 0.464 bits per heavy atom. The minimum atomic E-state index is -0.604. The first-order valence-corrected chi connectivity index (χ1v) is 29.5. The van der Waals surface area contributed by atoms with Crippen LogP contribution in [-0.2, 0) is 33.2 Å². The molecule has 6 fully saturated rings. The summed E-state index contributed by atoms with van der Waals surface area (Å²) in [6, 6.07) is 5.11. The molecule has 6 aliphatic rings. The van der Waals surface area contributed by atoms with E-state index in [4.69, 9.17) is 49.7 Å². The van der Waals surface area contributed by atoms with Crippen LogP contribution in [0.2, 0.25) is 0 Å². The molecule has 1 aromatic carbocycles. The van der Waals surface area contributed by atoms with Gasteiger partial charge < -0.3 is 81.2 Å². The number of aliphatic hydroxyl groups excluding tert-OH is 3. The zero-order valence-electron chi connectivity index (χ0n) is 52.5. The normalized spacial score (nSPS) is 26.9. The summed E-state index contributed by atoms with van der Waals surface area (Å²) in [4.78, 5) is 68.3. The van der Waals surface area contributed by atoms with Gasteiger partial charge in [-0.1, -0.05) is 0 Å². The minimum Gasteiger partial charge on any atom is -0.457 e. The first-order valence-electron chi connectivity index (χ1n) is 29.5. The van der Waals surface area contributed by atoms with Crippen LogP contribution in [0.4, 0.5) is 24.9 Å². The second-order valence-corrected chi connectivity index (χ2v) is 25.9. The van der Waals surface area contributed by atoms with Crippen LogP contribution in [0.3, 0.4) is 0 Å². The average Bonchev–Trinajstić information content (AvgIpc) is 4.30. The van der Waals surface area contributed by atoms with E-state index in [-0.39, 0.29) is 72.2 Å². The lowest BCUT2D eigenvalue weighted by molar-refractivity contribution is -0.384. The molecule has 84 heavy (non-hydrogen) atoms. The van der Waals surface area contributed by atoms with E-state index in [2.05, 4.69) is 21.3 Å².